The van der Waals surface area contributed by atoms with Crippen molar-refractivity contribution in [1.29, 1.82) is 0 Å². The highest BCUT2D eigenvalue weighted by Crippen LogP contribution is 2.61. The normalized spacial score (nSPS) is 47.2. The van der Waals surface area contributed by atoms with E-state index in [9.17, 15) is 9.59 Å². The predicted octanol–water partition coefficient (Wildman–Crippen LogP) is 3.05. The molecule has 6 atom stereocenters. The quantitative estimate of drug-likeness (QED) is 0.727. The van der Waals surface area contributed by atoms with Gasteiger partial charge in [-0.15, -0.1) is 11.8 Å². The molecule has 1 amide bonds. The number of hydrogen-bond donors (Lipinski definition) is 0. The summed E-state index contributed by atoms with van der Waals surface area (Å²) in [6.07, 6.45) is 3.71. The van der Waals surface area contributed by atoms with Crippen LogP contribution in [0.15, 0.2) is 0 Å². The van der Waals surface area contributed by atoms with E-state index in [4.69, 9.17) is 4.74 Å². The molecule has 0 aromatic carbocycles. The third-order valence-corrected chi connectivity index (χ3v) is 8.77. The van der Waals surface area contributed by atoms with Gasteiger partial charge in [-0.2, -0.15) is 0 Å². The number of amides is 1. The molecule has 0 unspecified atom stereocenters. The Balaban J connectivity index is 1.44. The van der Waals surface area contributed by atoms with Gasteiger partial charge in [-0.05, 0) is 49.4 Å². The van der Waals surface area contributed by atoms with Crippen LogP contribution >= 0.6 is 11.8 Å². The lowest BCUT2D eigenvalue weighted by Gasteiger charge is -2.61. The lowest BCUT2D eigenvalue weighted by molar-refractivity contribution is -0.190. The zero-order chi connectivity index (χ0) is 16.6. The fourth-order valence-electron chi connectivity index (χ4n) is 5.48. The molecular formula is C18H27NO3S. The van der Waals surface area contributed by atoms with Crippen LogP contribution in [-0.4, -0.2) is 39.5 Å². The highest BCUT2D eigenvalue weighted by Gasteiger charge is 2.58. The summed E-state index contributed by atoms with van der Waals surface area (Å²) in [6.45, 7) is 9.01. The van der Waals surface area contributed by atoms with Crippen molar-refractivity contribution in [3.8, 4) is 0 Å². The molecule has 0 aromatic heterocycles. The van der Waals surface area contributed by atoms with Gasteiger partial charge in [-0.25, -0.2) is 4.79 Å². The third kappa shape index (κ3) is 2.11. The largest absolute Gasteiger partial charge is 0.461 e. The first-order valence-electron chi connectivity index (χ1n) is 8.90. The summed E-state index contributed by atoms with van der Waals surface area (Å²) in [7, 11) is 0. The Kier molecular flexibility index (Phi) is 3.37. The maximum absolute atomic E-state index is 12.7. The number of carbonyl (C=O) groups excluding carboxylic acids is 2. The van der Waals surface area contributed by atoms with Crippen LogP contribution in [0.2, 0.25) is 0 Å². The molecule has 0 spiro atoms. The van der Waals surface area contributed by atoms with E-state index >= 15 is 0 Å². The van der Waals surface area contributed by atoms with Gasteiger partial charge in [0.2, 0.25) is 5.91 Å². The van der Waals surface area contributed by atoms with Crippen LogP contribution in [0.4, 0.5) is 0 Å². The third-order valence-electron chi connectivity index (χ3n) is 7.27. The molecule has 128 valence electrons. The van der Waals surface area contributed by atoms with E-state index in [-0.39, 0.29) is 28.9 Å². The molecule has 0 aromatic rings. The van der Waals surface area contributed by atoms with E-state index in [1.165, 1.54) is 6.42 Å². The van der Waals surface area contributed by atoms with Crippen molar-refractivity contribution in [2.45, 2.75) is 70.4 Å². The van der Waals surface area contributed by atoms with E-state index in [0.29, 0.717) is 35.3 Å². The Morgan fingerprint density at radius 3 is 2.70 bits per heavy atom. The number of ether oxygens (including phenoxy) is 1. The smallest absolute Gasteiger partial charge is 0.330 e. The van der Waals surface area contributed by atoms with Gasteiger partial charge in [-0.1, -0.05) is 20.8 Å². The number of hydrogen-bond acceptors (Lipinski definition) is 4. The summed E-state index contributed by atoms with van der Waals surface area (Å²) in [5.41, 5.74) is 0.398. The molecule has 3 saturated carbocycles. The monoisotopic (exact) mass is 337 g/mol. The van der Waals surface area contributed by atoms with Crippen molar-refractivity contribution < 1.29 is 14.3 Å². The van der Waals surface area contributed by atoms with Crippen LogP contribution in [0.25, 0.3) is 0 Å². The highest BCUT2D eigenvalue weighted by molar-refractivity contribution is 8.01. The molecule has 2 bridgehead atoms. The molecule has 0 N–H and O–H groups in total. The van der Waals surface area contributed by atoms with Crippen molar-refractivity contribution in [3.05, 3.63) is 0 Å². The Bertz CT molecular complexity index is 562. The minimum Gasteiger partial charge on any atom is -0.461 e. The van der Waals surface area contributed by atoms with E-state index in [0.717, 1.165) is 12.8 Å². The molecule has 5 heteroatoms. The van der Waals surface area contributed by atoms with Gasteiger partial charge in [0.15, 0.2) is 0 Å². The van der Waals surface area contributed by atoms with E-state index in [1.54, 1.807) is 16.7 Å². The average molecular weight is 337 g/mol. The second-order valence-corrected chi connectivity index (χ2v) is 10.2. The van der Waals surface area contributed by atoms with Crippen LogP contribution in [0.1, 0.15) is 53.4 Å². The topological polar surface area (TPSA) is 46.6 Å². The molecule has 0 radical (unpaired) electrons. The summed E-state index contributed by atoms with van der Waals surface area (Å²) >= 11 is 1.73. The number of rotatable bonds is 2. The summed E-state index contributed by atoms with van der Waals surface area (Å²) in [4.78, 5) is 26.5. The predicted molar refractivity (Wildman–Crippen MR) is 89.8 cm³/mol. The SMILES string of the molecule is C[C@H]1[C@@H](OC(=O)[C@@H]2CS[C@@]3(C)CCC(=O)N23)C[C@H]2C[C@H]1C2(C)C. The second-order valence-electron chi connectivity index (χ2n) is 8.70. The first kappa shape index (κ1) is 15.8. The molecule has 4 nitrogen and oxygen atoms in total. The molecule has 5 rings (SSSR count). The minimum atomic E-state index is -0.376. The highest BCUT2D eigenvalue weighted by atomic mass is 32.2. The van der Waals surface area contributed by atoms with Gasteiger partial charge >= 0.3 is 5.97 Å². The molecule has 2 heterocycles. The van der Waals surface area contributed by atoms with Crippen LogP contribution in [0.3, 0.4) is 0 Å². The standard InChI is InChI=1S/C18H27NO3S/c1-10-12-7-11(17(12,2)3)8-14(10)22-16(21)13-9-23-18(4)6-5-15(20)19(13)18/h10-14H,5-9H2,1-4H3/t10-,11-,12-,13+,14+,18+/m1/s1. The van der Waals surface area contributed by atoms with Gasteiger partial charge in [-0.3, -0.25) is 4.79 Å². The lowest BCUT2D eigenvalue weighted by Crippen LogP contribution is -2.58. The van der Waals surface area contributed by atoms with Crippen molar-refractivity contribution in [3.63, 3.8) is 0 Å². The van der Waals surface area contributed by atoms with Crippen LogP contribution in [0.5, 0.6) is 0 Å². The van der Waals surface area contributed by atoms with Crippen LogP contribution in [0, 0.1) is 23.2 Å². The average Bonchev–Trinajstić information content (AvgIpc) is 2.97. The van der Waals surface area contributed by atoms with Gasteiger partial charge in [0.1, 0.15) is 12.1 Å². The molecule has 2 saturated heterocycles. The van der Waals surface area contributed by atoms with Gasteiger partial charge < -0.3 is 9.64 Å². The molecule has 3 aliphatic carbocycles. The maximum Gasteiger partial charge on any atom is 0.330 e. The second kappa shape index (κ2) is 4.90. The molecule has 23 heavy (non-hydrogen) atoms. The molecule has 5 fully saturated rings. The first-order valence-corrected chi connectivity index (χ1v) is 9.89. The van der Waals surface area contributed by atoms with Crippen molar-refractivity contribution in [2.24, 2.45) is 23.2 Å². The fourth-order valence-corrected chi connectivity index (χ4v) is 6.90. The molecule has 2 aliphatic heterocycles. The van der Waals surface area contributed by atoms with Crippen LogP contribution in [-0.2, 0) is 14.3 Å². The summed E-state index contributed by atoms with van der Waals surface area (Å²) in [5, 5.41) is 0. The number of fused-ring (bicyclic) bond motifs is 3. The van der Waals surface area contributed by atoms with Gasteiger partial charge in [0.25, 0.3) is 0 Å². The summed E-state index contributed by atoms with van der Waals surface area (Å²) in [6, 6.07) is -0.376. The zero-order valence-electron chi connectivity index (χ0n) is 14.5. The maximum atomic E-state index is 12.7. The Labute approximate surface area is 142 Å². The molecular weight excluding hydrogens is 310 g/mol. The first-order chi connectivity index (χ1) is 10.7. The number of nitrogens with zero attached hydrogens (tertiary/aromatic N) is 1. The van der Waals surface area contributed by atoms with E-state index in [1.807, 2.05) is 0 Å². The Hall–Kier alpha value is -0.710. The van der Waals surface area contributed by atoms with Gasteiger partial charge in [0, 0.05) is 12.2 Å². The summed E-state index contributed by atoms with van der Waals surface area (Å²) in [5.74, 6) is 2.38. The Morgan fingerprint density at radius 1 is 1.30 bits per heavy atom. The lowest BCUT2D eigenvalue weighted by atomic mass is 9.45. The molecule has 5 aliphatic rings. The number of esters is 1. The van der Waals surface area contributed by atoms with Crippen molar-refractivity contribution in [1.82, 2.24) is 4.90 Å². The van der Waals surface area contributed by atoms with Crippen molar-refractivity contribution in [2.75, 3.05) is 5.75 Å². The fraction of sp³-hybridized carbons (Fsp3) is 0.889. The van der Waals surface area contributed by atoms with E-state index in [2.05, 4.69) is 27.7 Å². The van der Waals surface area contributed by atoms with Crippen LogP contribution < -0.4 is 0 Å². The zero-order valence-corrected chi connectivity index (χ0v) is 15.3. The van der Waals surface area contributed by atoms with Crippen molar-refractivity contribution >= 4 is 23.6 Å². The number of thioether (sulfide) groups is 1. The van der Waals surface area contributed by atoms with E-state index < -0.39 is 0 Å². The van der Waals surface area contributed by atoms with Gasteiger partial charge in [0.05, 0.1) is 4.87 Å². The summed E-state index contributed by atoms with van der Waals surface area (Å²) < 4.78 is 5.94. The number of carbonyl (C=O) groups is 2. The Morgan fingerprint density at radius 2 is 2.04 bits per heavy atom. The minimum absolute atomic E-state index is 0.0360.